The Morgan fingerprint density at radius 3 is 2.75 bits per heavy atom. The summed E-state index contributed by atoms with van der Waals surface area (Å²) in [5, 5.41) is 21.4. The number of benzene rings is 2. The van der Waals surface area contributed by atoms with Gasteiger partial charge in [-0.3, -0.25) is 14.9 Å². The number of aliphatic carboxylic acids is 1. The van der Waals surface area contributed by atoms with Crippen molar-refractivity contribution in [2.24, 2.45) is 0 Å². The molecule has 0 aliphatic rings. The molecule has 0 radical (unpaired) electrons. The van der Waals surface area contributed by atoms with E-state index in [-0.39, 0.29) is 12.1 Å². The van der Waals surface area contributed by atoms with E-state index in [0.717, 1.165) is 5.56 Å². The summed E-state index contributed by atoms with van der Waals surface area (Å²) >= 11 is 6.03. The first-order chi connectivity index (χ1) is 11.5. The van der Waals surface area contributed by atoms with Gasteiger partial charge < -0.3 is 10.1 Å². The smallest absolute Gasteiger partial charge is 0.304 e. The van der Waals surface area contributed by atoms with Crippen LogP contribution in [-0.4, -0.2) is 21.0 Å². The van der Waals surface area contributed by atoms with Gasteiger partial charge in [0.15, 0.2) is 0 Å². The van der Waals surface area contributed by atoms with Crippen LogP contribution in [0, 0.1) is 10.1 Å². The first-order valence-corrected chi connectivity index (χ1v) is 7.56. The summed E-state index contributed by atoms with van der Waals surface area (Å²) in [7, 11) is 0. The maximum absolute atomic E-state index is 11.3. The number of aromatic nitrogens is 1. The maximum Gasteiger partial charge on any atom is 0.304 e. The van der Waals surface area contributed by atoms with Gasteiger partial charge in [-0.1, -0.05) is 23.7 Å². The maximum atomic E-state index is 11.3. The Hall–Kier alpha value is -2.86. The minimum Gasteiger partial charge on any atom is -0.481 e. The molecule has 122 valence electrons. The second kappa shape index (κ2) is 6.33. The lowest BCUT2D eigenvalue weighted by atomic mass is 9.88. The van der Waals surface area contributed by atoms with Crippen LogP contribution in [0.25, 0.3) is 10.9 Å². The standard InChI is InChI=1S/C17H13ClN2O4/c18-11-3-1-2-10(6-11)13(8-17(21)22)15-9-19-16-5-4-12(20(23)24)7-14(15)16/h1-7,9,13,19H,8H2,(H,21,22)/t13-/m0/s1. The molecule has 3 rings (SSSR count). The second-order valence-electron chi connectivity index (χ2n) is 5.44. The van der Waals surface area contributed by atoms with E-state index in [1.54, 1.807) is 36.5 Å². The van der Waals surface area contributed by atoms with E-state index in [0.29, 0.717) is 21.5 Å². The van der Waals surface area contributed by atoms with Gasteiger partial charge in [0.2, 0.25) is 0 Å². The van der Waals surface area contributed by atoms with E-state index in [1.807, 2.05) is 0 Å². The largest absolute Gasteiger partial charge is 0.481 e. The van der Waals surface area contributed by atoms with E-state index in [2.05, 4.69) is 4.98 Å². The van der Waals surface area contributed by atoms with E-state index < -0.39 is 16.8 Å². The zero-order chi connectivity index (χ0) is 17.3. The molecule has 0 bridgehead atoms. The summed E-state index contributed by atoms with van der Waals surface area (Å²) in [6.45, 7) is 0. The summed E-state index contributed by atoms with van der Waals surface area (Å²) in [6, 6.07) is 11.5. The van der Waals surface area contributed by atoms with Crippen LogP contribution in [0.5, 0.6) is 0 Å². The molecule has 1 aromatic heterocycles. The Labute approximate surface area is 141 Å². The molecule has 3 aromatic rings. The third kappa shape index (κ3) is 3.09. The Kier molecular flexibility index (Phi) is 4.22. The number of carboxylic acid groups (broad SMARTS) is 1. The van der Waals surface area contributed by atoms with Crippen molar-refractivity contribution in [3.63, 3.8) is 0 Å². The van der Waals surface area contributed by atoms with Crippen molar-refractivity contribution < 1.29 is 14.8 Å². The summed E-state index contributed by atoms with van der Waals surface area (Å²) in [6.07, 6.45) is 1.55. The molecule has 0 unspecified atom stereocenters. The van der Waals surface area contributed by atoms with Gasteiger partial charge in [0.25, 0.3) is 5.69 Å². The third-order valence-corrected chi connectivity index (χ3v) is 4.15. The van der Waals surface area contributed by atoms with Crippen LogP contribution in [0.15, 0.2) is 48.7 Å². The van der Waals surface area contributed by atoms with Crippen LogP contribution in [-0.2, 0) is 4.79 Å². The molecule has 0 saturated carbocycles. The molecule has 0 amide bonds. The number of hydrogen-bond donors (Lipinski definition) is 2. The number of nitrogens with zero attached hydrogens (tertiary/aromatic N) is 1. The molecule has 1 atom stereocenters. The van der Waals surface area contributed by atoms with E-state index >= 15 is 0 Å². The average Bonchev–Trinajstić information content (AvgIpc) is 2.95. The lowest BCUT2D eigenvalue weighted by Crippen LogP contribution is -2.07. The van der Waals surface area contributed by atoms with Crippen molar-refractivity contribution in [2.45, 2.75) is 12.3 Å². The van der Waals surface area contributed by atoms with Crippen LogP contribution >= 0.6 is 11.6 Å². The fraction of sp³-hybridized carbons (Fsp3) is 0.118. The van der Waals surface area contributed by atoms with E-state index in [4.69, 9.17) is 11.6 Å². The predicted octanol–water partition coefficient (Wildman–Crippen LogP) is 4.34. The number of H-pyrrole nitrogens is 1. The lowest BCUT2D eigenvalue weighted by molar-refractivity contribution is -0.384. The second-order valence-corrected chi connectivity index (χ2v) is 5.87. The zero-order valence-corrected chi connectivity index (χ0v) is 13.2. The van der Waals surface area contributed by atoms with Gasteiger partial charge in [-0.25, -0.2) is 0 Å². The number of aromatic amines is 1. The Bertz CT molecular complexity index is 935. The quantitative estimate of drug-likeness (QED) is 0.531. The number of rotatable bonds is 5. The molecule has 0 aliphatic carbocycles. The van der Waals surface area contributed by atoms with Crippen LogP contribution in [0.1, 0.15) is 23.5 Å². The minimum absolute atomic E-state index is 0.0384. The summed E-state index contributed by atoms with van der Waals surface area (Å²) in [4.78, 5) is 24.9. The van der Waals surface area contributed by atoms with Gasteiger partial charge in [-0.2, -0.15) is 0 Å². The number of hydrogen-bond acceptors (Lipinski definition) is 3. The Morgan fingerprint density at radius 2 is 2.08 bits per heavy atom. The van der Waals surface area contributed by atoms with Crippen LogP contribution < -0.4 is 0 Å². The highest BCUT2D eigenvalue weighted by Crippen LogP contribution is 2.35. The summed E-state index contributed by atoms with van der Waals surface area (Å²) < 4.78 is 0. The van der Waals surface area contributed by atoms with Gasteiger partial charge in [0.05, 0.1) is 11.3 Å². The van der Waals surface area contributed by atoms with Gasteiger partial charge in [0.1, 0.15) is 0 Å². The van der Waals surface area contributed by atoms with Crippen LogP contribution in [0.4, 0.5) is 5.69 Å². The van der Waals surface area contributed by atoms with Gasteiger partial charge in [-0.05, 0) is 29.3 Å². The molecule has 0 saturated heterocycles. The van der Waals surface area contributed by atoms with Crippen molar-refractivity contribution in [3.05, 3.63) is 74.9 Å². The SMILES string of the molecule is O=C(O)C[C@@H](c1cccc(Cl)c1)c1c[nH]c2ccc([N+](=O)[O-])cc12. The number of halogens is 1. The number of fused-ring (bicyclic) bond motifs is 1. The van der Waals surface area contributed by atoms with E-state index in [1.165, 1.54) is 12.1 Å². The number of nitrogens with one attached hydrogen (secondary N) is 1. The molecule has 2 N–H and O–H groups in total. The summed E-state index contributed by atoms with van der Waals surface area (Å²) in [5.41, 5.74) is 2.12. The molecule has 24 heavy (non-hydrogen) atoms. The van der Waals surface area contributed by atoms with Crippen molar-refractivity contribution in [2.75, 3.05) is 0 Å². The zero-order valence-electron chi connectivity index (χ0n) is 12.4. The Balaban J connectivity index is 2.17. The third-order valence-electron chi connectivity index (χ3n) is 3.91. The fourth-order valence-corrected chi connectivity index (χ4v) is 3.04. The summed E-state index contributed by atoms with van der Waals surface area (Å²) in [5.74, 6) is -1.42. The number of carbonyl (C=O) groups is 1. The van der Waals surface area contributed by atoms with Crippen molar-refractivity contribution in [1.82, 2.24) is 4.98 Å². The van der Waals surface area contributed by atoms with Gasteiger partial charge >= 0.3 is 5.97 Å². The average molecular weight is 345 g/mol. The van der Waals surface area contributed by atoms with Gasteiger partial charge in [-0.15, -0.1) is 0 Å². The number of non-ortho nitro benzene ring substituents is 1. The van der Waals surface area contributed by atoms with Crippen molar-refractivity contribution in [3.8, 4) is 0 Å². The molecule has 6 nitrogen and oxygen atoms in total. The number of nitro groups is 1. The molecule has 0 fully saturated rings. The predicted molar refractivity (Wildman–Crippen MR) is 90.5 cm³/mol. The first kappa shape index (κ1) is 16.0. The number of nitro benzene ring substituents is 1. The molecule has 0 aliphatic heterocycles. The monoisotopic (exact) mass is 344 g/mol. The molecule has 1 heterocycles. The lowest BCUT2D eigenvalue weighted by Gasteiger charge is -2.15. The Morgan fingerprint density at radius 1 is 1.29 bits per heavy atom. The van der Waals surface area contributed by atoms with E-state index in [9.17, 15) is 20.0 Å². The van der Waals surface area contributed by atoms with Crippen LogP contribution in [0.2, 0.25) is 5.02 Å². The highest BCUT2D eigenvalue weighted by atomic mass is 35.5. The van der Waals surface area contributed by atoms with Crippen LogP contribution in [0.3, 0.4) is 0 Å². The fourth-order valence-electron chi connectivity index (χ4n) is 2.84. The molecule has 2 aromatic carbocycles. The van der Waals surface area contributed by atoms with Gasteiger partial charge in [0, 0.05) is 40.2 Å². The first-order valence-electron chi connectivity index (χ1n) is 7.18. The molecule has 7 heteroatoms. The number of carboxylic acids is 1. The minimum atomic E-state index is -0.959. The van der Waals surface area contributed by atoms with Crippen molar-refractivity contribution in [1.29, 1.82) is 0 Å². The highest BCUT2D eigenvalue weighted by molar-refractivity contribution is 6.30. The highest BCUT2D eigenvalue weighted by Gasteiger charge is 2.22. The van der Waals surface area contributed by atoms with Crippen molar-refractivity contribution >= 4 is 34.2 Å². The molecular formula is C17H13ClN2O4. The topological polar surface area (TPSA) is 96.2 Å². The molecule has 0 spiro atoms. The molecular weight excluding hydrogens is 332 g/mol. The normalized spacial score (nSPS) is 12.2.